The fourth-order valence-corrected chi connectivity index (χ4v) is 5.57. The maximum atomic E-state index is 13.2. The minimum absolute atomic E-state index is 0.178. The third-order valence-corrected chi connectivity index (χ3v) is 6.84. The van der Waals surface area contributed by atoms with E-state index in [4.69, 9.17) is 14.0 Å². The van der Waals surface area contributed by atoms with Crippen molar-refractivity contribution in [3.8, 4) is 11.5 Å². The zero-order valence-corrected chi connectivity index (χ0v) is 15.0. The summed E-state index contributed by atoms with van der Waals surface area (Å²) in [5.74, 6) is 1.70. The Hall–Kier alpha value is -2.06. The van der Waals surface area contributed by atoms with Crippen LogP contribution in [-0.4, -0.2) is 37.6 Å². The predicted molar refractivity (Wildman–Crippen MR) is 89.3 cm³/mol. The Morgan fingerprint density at radius 2 is 1.92 bits per heavy atom. The van der Waals surface area contributed by atoms with Crippen LogP contribution in [0.4, 0.5) is 0 Å². The molecule has 0 radical (unpaired) electrons. The van der Waals surface area contributed by atoms with Crippen molar-refractivity contribution >= 4 is 10.0 Å². The van der Waals surface area contributed by atoms with E-state index < -0.39 is 10.0 Å². The Kier molecular flexibility index (Phi) is 3.96. The molecule has 2 aliphatic rings. The Bertz CT molecular complexity index is 886. The molecule has 0 aliphatic carbocycles. The first-order valence-corrected chi connectivity index (χ1v) is 9.77. The smallest absolute Gasteiger partial charge is 0.249 e. The summed E-state index contributed by atoms with van der Waals surface area (Å²) in [5, 5.41) is 3.79. The van der Waals surface area contributed by atoms with Gasteiger partial charge in [-0.05, 0) is 44.4 Å². The van der Waals surface area contributed by atoms with Crippen molar-refractivity contribution in [2.75, 3.05) is 19.8 Å². The zero-order chi connectivity index (χ0) is 17.6. The van der Waals surface area contributed by atoms with Crippen LogP contribution >= 0.6 is 0 Å². The average Bonchev–Trinajstić information content (AvgIpc) is 3.22. The Balaban J connectivity index is 1.71. The molecule has 1 aromatic carbocycles. The molecule has 3 heterocycles. The number of aromatic nitrogens is 1. The lowest BCUT2D eigenvalue weighted by Gasteiger charge is -2.26. The van der Waals surface area contributed by atoms with E-state index in [1.807, 2.05) is 18.2 Å². The third kappa shape index (κ3) is 2.69. The van der Waals surface area contributed by atoms with Crippen LogP contribution in [0.15, 0.2) is 27.6 Å². The van der Waals surface area contributed by atoms with Crippen molar-refractivity contribution in [1.82, 2.24) is 9.46 Å². The highest BCUT2D eigenvalue weighted by atomic mass is 32.2. The number of hydrogen-bond acceptors (Lipinski definition) is 6. The van der Waals surface area contributed by atoms with Crippen molar-refractivity contribution in [1.29, 1.82) is 0 Å². The first-order chi connectivity index (χ1) is 12.0. The number of ether oxygens (including phenoxy) is 2. The van der Waals surface area contributed by atoms with E-state index in [-0.39, 0.29) is 10.9 Å². The number of aryl methyl sites for hydroxylation is 2. The Morgan fingerprint density at radius 1 is 1.16 bits per heavy atom. The van der Waals surface area contributed by atoms with Gasteiger partial charge in [0.1, 0.15) is 23.8 Å². The first kappa shape index (κ1) is 16.4. The molecule has 0 saturated carbocycles. The van der Waals surface area contributed by atoms with E-state index >= 15 is 0 Å². The molecule has 1 aromatic heterocycles. The normalized spacial score (nSPS) is 20.8. The average molecular weight is 364 g/mol. The van der Waals surface area contributed by atoms with E-state index in [1.54, 1.807) is 18.2 Å². The molecule has 1 atom stereocenters. The molecule has 0 N–H and O–H groups in total. The first-order valence-electron chi connectivity index (χ1n) is 8.33. The van der Waals surface area contributed by atoms with Gasteiger partial charge in [0.25, 0.3) is 0 Å². The van der Waals surface area contributed by atoms with Crippen LogP contribution in [0.3, 0.4) is 0 Å². The van der Waals surface area contributed by atoms with Crippen molar-refractivity contribution in [2.45, 2.75) is 37.6 Å². The molecule has 2 aromatic rings. The highest BCUT2D eigenvalue weighted by molar-refractivity contribution is 7.89. The molecule has 8 heteroatoms. The highest BCUT2D eigenvalue weighted by Crippen LogP contribution is 2.41. The van der Waals surface area contributed by atoms with Crippen LogP contribution in [-0.2, 0) is 10.0 Å². The lowest BCUT2D eigenvalue weighted by molar-refractivity contribution is 0.171. The number of nitrogens with zero attached hydrogens (tertiary/aromatic N) is 2. The molecule has 7 nitrogen and oxygen atoms in total. The second kappa shape index (κ2) is 6.03. The van der Waals surface area contributed by atoms with Gasteiger partial charge in [-0.15, -0.1) is 0 Å². The molecule has 25 heavy (non-hydrogen) atoms. The van der Waals surface area contributed by atoms with Gasteiger partial charge >= 0.3 is 0 Å². The Morgan fingerprint density at radius 3 is 2.64 bits per heavy atom. The zero-order valence-electron chi connectivity index (χ0n) is 14.2. The molecule has 4 rings (SSSR count). The molecule has 0 spiro atoms. The number of fused-ring (bicyclic) bond motifs is 1. The monoisotopic (exact) mass is 364 g/mol. The quantitative estimate of drug-likeness (QED) is 0.833. The summed E-state index contributed by atoms with van der Waals surface area (Å²) in [7, 11) is -3.67. The second-order valence-electron chi connectivity index (χ2n) is 6.33. The topological polar surface area (TPSA) is 81.9 Å². The molecule has 1 fully saturated rings. The number of benzene rings is 1. The molecule has 134 valence electrons. The molecule has 0 bridgehead atoms. The summed E-state index contributed by atoms with van der Waals surface area (Å²) in [6.07, 6.45) is 1.57. The molecular formula is C17H20N2O5S. The summed E-state index contributed by atoms with van der Waals surface area (Å²) >= 11 is 0. The van der Waals surface area contributed by atoms with Crippen LogP contribution in [0.2, 0.25) is 0 Å². The standard InChI is InChI=1S/C17H20N2O5S/c1-11-17(12(2)24-18-11)25(20,21)19-7-3-4-14(19)13-5-6-15-16(10-13)23-9-8-22-15/h5-6,10,14H,3-4,7-9H2,1-2H3/t14-/m1/s1. The summed E-state index contributed by atoms with van der Waals surface area (Å²) in [5.41, 5.74) is 1.31. The maximum absolute atomic E-state index is 13.2. The summed E-state index contributed by atoms with van der Waals surface area (Å²) < 4.78 is 44.2. The van der Waals surface area contributed by atoms with Crippen molar-refractivity contribution < 1.29 is 22.4 Å². The largest absolute Gasteiger partial charge is 0.486 e. The van der Waals surface area contributed by atoms with Gasteiger partial charge in [0.15, 0.2) is 17.3 Å². The minimum atomic E-state index is -3.67. The van der Waals surface area contributed by atoms with Crippen LogP contribution < -0.4 is 9.47 Å². The van der Waals surface area contributed by atoms with Gasteiger partial charge in [-0.3, -0.25) is 0 Å². The van der Waals surface area contributed by atoms with Crippen molar-refractivity contribution in [3.05, 3.63) is 35.2 Å². The van der Waals surface area contributed by atoms with E-state index in [9.17, 15) is 8.42 Å². The van der Waals surface area contributed by atoms with Gasteiger partial charge in [0, 0.05) is 6.54 Å². The van der Waals surface area contributed by atoms with Crippen molar-refractivity contribution in [2.24, 2.45) is 0 Å². The van der Waals surface area contributed by atoms with Gasteiger partial charge in [-0.25, -0.2) is 8.42 Å². The van der Waals surface area contributed by atoms with Gasteiger partial charge < -0.3 is 14.0 Å². The second-order valence-corrected chi connectivity index (χ2v) is 8.16. The van der Waals surface area contributed by atoms with Gasteiger partial charge in [0.05, 0.1) is 6.04 Å². The summed E-state index contributed by atoms with van der Waals surface area (Å²) in [6.45, 7) is 4.79. The Labute approximate surface area is 146 Å². The molecule has 1 saturated heterocycles. The molecule has 0 amide bonds. The molecular weight excluding hydrogens is 344 g/mol. The van der Waals surface area contributed by atoms with E-state index in [0.717, 1.165) is 18.4 Å². The predicted octanol–water partition coefficient (Wildman–Crippen LogP) is 2.59. The van der Waals surface area contributed by atoms with E-state index in [1.165, 1.54) is 0 Å². The number of hydrogen-bond donors (Lipinski definition) is 0. The number of rotatable bonds is 3. The van der Waals surface area contributed by atoms with Gasteiger partial charge in [-0.1, -0.05) is 11.2 Å². The van der Waals surface area contributed by atoms with Gasteiger partial charge in [-0.2, -0.15) is 4.31 Å². The fourth-order valence-electron chi connectivity index (χ4n) is 3.59. The van der Waals surface area contributed by atoms with Gasteiger partial charge in [0.2, 0.25) is 10.0 Å². The maximum Gasteiger partial charge on any atom is 0.249 e. The lowest BCUT2D eigenvalue weighted by atomic mass is 10.0. The minimum Gasteiger partial charge on any atom is -0.486 e. The van der Waals surface area contributed by atoms with Crippen LogP contribution in [0.1, 0.15) is 35.9 Å². The van der Waals surface area contributed by atoms with Crippen LogP contribution in [0, 0.1) is 13.8 Å². The van der Waals surface area contributed by atoms with Crippen LogP contribution in [0.25, 0.3) is 0 Å². The fraction of sp³-hybridized carbons (Fsp3) is 0.471. The lowest BCUT2D eigenvalue weighted by Crippen LogP contribution is -2.31. The van der Waals surface area contributed by atoms with Crippen LogP contribution in [0.5, 0.6) is 11.5 Å². The number of sulfonamides is 1. The van der Waals surface area contributed by atoms with Crippen molar-refractivity contribution in [3.63, 3.8) is 0 Å². The molecule has 0 unspecified atom stereocenters. The summed E-state index contributed by atoms with van der Waals surface area (Å²) in [6, 6.07) is 5.43. The van der Waals surface area contributed by atoms with E-state index in [2.05, 4.69) is 5.16 Å². The SMILES string of the molecule is Cc1noc(C)c1S(=O)(=O)N1CCC[C@@H]1c1ccc2c(c1)OCCO2. The highest BCUT2D eigenvalue weighted by Gasteiger charge is 2.39. The third-order valence-electron chi connectivity index (χ3n) is 4.69. The van der Waals surface area contributed by atoms with E-state index in [0.29, 0.717) is 42.7 Å². The summed E-state index contributed by atoms with van der Waals surface area (Å²) in [4.78, 5) is 0.178. The molecule has 2 aliphatic heterocycles.